The van der Waals surface area contributed by atoms with Crippen LogP contribution in [0.5, 0.6) is 0 Å². The fourth-order valence-corrected chi connectivity index (χ4v) is 2.11. The van der Waals surface area contributed by atoms with E-state index in [0.717, 1.165) is 0 Å². The van der Waals surface area contributed by atoms with Crippen LogP contribution in [-0.2, 0) is 4.74 Å². The Morgan fingerprint density at radius 2 is 2.29 bits per heavy atom. The van der Waals surface area contributed by atoms with Crippen LogP contribution in [0.2, 0.25) is 0 Å². The Morgan fingerprint density at radius 1 is 1.47 bits per heavy atom. The quantitative estimate of drug-likeness (QED) is 0.756. The molecule has 3 N–H and O–H groups in total. The van der Waals surface area contributed by atoms with Crippen molar-refractivity contribution in [3.05, 3.63) is 12.7 Å². The highest BCUT2D eigenvalue weighted by Gasteiger charge is 2.40. The average molecular weight is 235 g/mol. The first kappa shape index (κ1) is 10.4. The zero-order chi connectivity index (χ0) is 12.0. The minimum Gasteiger partial charge on any atom is -0.394 e. The third-order valence-electron chi connectivity index (χ3n) is 3.19. The molecule has 7 heteroatoms. The average Bonchev–Trinajstić information content (AvgIpc) is 2.73. The SMILES string of the molecule is C[C@@H]1[C@H](n2cnc3c(N)ncnc32)O[C@@H]1CO. The molecule has 0 radical (unpaired) electrons. The van der Waals surface area contributed by atoms with Crippen molar-refractivity contribution < 1.29 is 9.84 Å². The second kappa shape index (κ2) is 3.64. The lowest BCUT2D eigenvalue weighted by Crippen LogP contribution is -2.45. The van der Waals surface area contributed by atoms with E-state index in [1.165, 1.54) is 6.33 Å². The number of nitrogen functional groups attached to an aromatic ring is 1. The van der Waals surface area contributed by atoms with E-state index >= 15 is 0 Å². The first-order valence-electron chi connectivity index (χ1n) is 5.41. The fraction of sp³-hybridized carbons (Fsp3) is 0.500. The predicted octanol–water partition coefficient (Wildman–Crippen LogP) is -0.0657. The van der Waals surface area contributed by atoms with E-state index in [1.807, 2.05) is 11.5 Å². The molecule has 0 aliphatic carbocycles. The molecule has 3 rings (SSSR count). The van der Waals surface area contributed by atoms with Crippen LogP contribution >= 0.6 is 0 Å². The van der Waals surface area contributed by atoms with E-state index in [0.29, 0.717) is 17.0 Å². The van der Waals surface area contributed by atoms with Gasteiger partial charge < -0.3 is 15.6 Å². The van der Waals surface area contributed by atoms with E-state index in [1.54, 1.807) is 6.33 Å². The van der Waals surface area contributed by atoms with Gasteiger partial charge in [-0.2, -0.15) is 0 Å². The summed E-state index contributed by atoms with van der Waals surface area (Å²) in [7, 11) is 0. The Bertz CT molecular complexity index is 555. The number of rotatable bonds is 2. The number of aliphatic hydroxyl groups excluding tert-OH is 1. The van der Waals surface area contributed by atoms with Gasteiger partial charge in [-0.3, -0.25) is 4.57 Å². The molecule has 0 bridgehead atoms. The molecule has 90 valence electrons. The lowest BCUT2D eigenvalue weighted by atomic mass is 9.97. The number of imidazole rings is 1. The minimum atomic E-state index is -0.147. The molecule has 3 atom stereocenters. The summed E-state index contributed by atoms with van der Waals surface area (Å²) >= 11 is 0. The van der Waals surface area contributed by atoms with E-state index in [-0.39, 0.29) is 24.9 Å². The van der Waals surface area contributed by atoms with Crippen molar-refractivity contribution in [2.75, 3.05) is 12.3 Å². The number of ether oxygens (including phenoxy) is 1. The molecule has 0 unspecified atom stereocenters. The molecule has 0 saturated carbocycles. The van der Waals surface area contributed by atoms with E-state index in [2.05, 4.69) is 15.0 Å². The molecule has 0 aromatic carbocycles. The van der Waals surface area contributed by atoms with Gasteiger partial charge in [0.15, 0.2) is 11.5 Å². The number of fused-ring (bicyclic) bond motifs is 1. The van der Waals surface area contributed by atoms with Crippen LogP contribution < -0.4 is 5.73 Å². The Labute approximate surface area is 97.3 Å². The van der Waals surface area contributed by atoms with Crippen LogP contribution in [0.4, 0.5) is 5.82 Å². The van der Waals surface area contributed by atoms with Gasteiger partial charge in [-0.05, 0) is 0 Å². The van der Waals surface area contributed by atoms with Crippen LogP contribution in [0.1, 0.15) is 13.2 Å². The summed E-state index contributed by atoms with van der Waals surface area (Å²) in [5.41, 5.74) is 6.95. The first-order valence-corrected chi connectivity index (χ1v) is 5.41. The van der Waals surface area contributed by atoms with E-state index in [4.69, 9.17) is 15.6 Å². The summed E-state index contributed by atoms with van der Waals surface area (Å²) in [4.78, 5) is 12.2. The summed E-state index contributed by atoms with van der Waals surface area (Å²) in [6.45, 7) is 2.05. The van der Waals surface area contributed by atoms with Gasteiger partial charge in [0, 0.05) is 5.92 Å². The smallest absolute Gasteiger partial charge is 0.167 e. The van der Waals surface area contributed by atoms with Gasteiger partial charge >= 0.3 is 0 Å². The minimum absolute atomic E-state index is 0.0292. The molecular formula is C10H13N5O2. The van der Waals surface area contributed by atoms with Gasteiger partial charge in [-0.15, -0.1) is 0 Å². The largest absolute Gasteiger partial charge is 0.394 e. The van der Waals surface area contributed by atoms with E-state index < -0.39 is 0 Å². The highest BCUT2D eigenvalue weighted by atomic mass is 16.5. The van der Waals surface area contributed by atoms with Crippen molar-refractivity contribution in [1.82, 2.24) is 19.5 Å². The molecular weight excluding hydrogens is 222 g/mol. The Kier molecular flexibility index (Phi) is 2.23. The van der Waals surface area contributed by atoms with Crippen molar-refractivity contribution in [3.8, 4) is 0 Å². The molecule has 3 heterocycles. The normalized spacial score (nSPS) is 28.2. The second-order valence-corrected chi connectivity index (χ2v) is 4.19. The third-order valence-corrected chi connectivity index (χ3v) is 3.19. The molecule has 1 fully saturated rings. The number of aliphatic hydroxyl groups is 1. The molecule has 7 nitrogen and oxygen atoms in total. The molecule has 1 aliphatic rings. The zero-order valence-electron chi connectivity index (χ0n) is 9.32. The van der Waals surface area contributed by atoms with Gasteiger partial charge in [-0.25, -0.2) is 15.0 Å². The maximum atomic E-state index is 9.03. The van der Waals surface area contributed by atoms with Crippen LogP contribution in [0.3, 0.4) is 0 Å². The van der Waals surface area contributed by atoms with Gasteiger partial charge in [0.25, 0.3) is 0 Å². The van der Waals surface area contributed by atoms with Crippen molar-refractivity contribution in [2.45, 2.75) is 19.3 Å². The number of hydrogen-bond donors (Lipinski definition) is 2. The van der Waals surface area contributed by atoms with Crippen molar-refractivity contribution in [2.24, 2.45) is 5.92 Å². The highest BCUT2D eigenvalue weighted by molar-refractivity contribution is 5.81. The second-order valence-electron chi connectivity index (χ2n) is 4.19. The van der Waals surface area contributed by atoms with Crippen molar-refractivity contribution >= 4 is 17.0 Å². The van der Waals surface area contributed by atoms with Gasteiger partial charge in [0.2, 0.25) is 0 Å². The van der Waals surface area contributed by atoms with E-state index in [9.17, 15) is 0 Å². The van der Waals surface area contributed by atoms with Crippen LogP contribution in [0.25, 0.3) is 11.2 Å². The molecule has 0 amide bonds. The number of aromatic nitrogens is 4. The maximum Gasteiger partial charge on any atom is 0.167 e. The van der Waals surface area contributed by atoms with Gasteiger partial charge in [0.1, 0.15) is 18.1 Å². The van der Waals surface area contributed by atoms with Crippen LogP contribution in [0.15, 0.2) is 12.7 Å². The summed E-state index contributed by atoms with van der Waals surface area (Å²) in [5.74, 6) is 0.577. The Morgan fingerprint density at radius 3 is 3.00 bits per heavy atom. The first-order chi connectivity index (χ1) is 8.22. The summed E-state index contributed by atoms with van der Waals surface area (Å²) < 4.78 is 7.39. The zero-order valence-corrected chi connectivity index (χ0v) is 9.32. The molecule has 2 aromatic heterocycles. The monoisotopic (exact) mass is 235 g/mol. The molecule has 2 aromatic rings. The summed E-state index contributed by atoms with van der Waals surface area (Å²) in [5, 5.41) is 9.03. The van der Waals surface area contributed by atoms with Crippen LogP contribution in [0, 0.1) is 5.92 Å². The summed E-state index contributed by atoms with van der Waals surface area (Å²) in [6, 6.07) is 0. The van der Waals surface area contributed by atoms with Crippen LogP contribution in [-0.4, -0.2) is 37.3 Å². The van der Waals surface area contributed by atoms with Crippen molar-refractivity contribution in [3.63, 3.8) is 0 Å². The number of nitrogens with zero attached hydrogens (tertiary/aromatic N) is 4. The highest BCUT2D eigenvalue weighted by Crippen LogP contribution is 2.38. The lowest BCUT2D eigenvalue weighted by Gasteiger charge is -2.42. The summed E-state index contributed by atoms with van der Waals surface area (Å²) in [6.07, 6.45) is 2.79. The number of nitrogens with two attached hydrogens (primary N) is 1. The Balaban J connectivity index is 2.00. The lowest BCUT2D eigenvalue weighted by molar-refractivity contribution is -0.227. The third kappa shape index (κ3) is 1.39. The topological polar surface area (TPSA) is 99.1 Å². The molecule has 1 aliphatic heterocycles. The molecule has 17 heavy (non-hydrogen) atoms. The Hall–Kier alpha value is -1.73. The standard InChI is InChI=1S/C10H13N5O2/c1-5-6(2-16)17-10(5)15-4-14-7-8(11)12-3-13-9(7)15/h3-6,10,16H,2H2,1H3,(H2,11,12,13)/t5-,6+,10+/m0/s1. The van der Waals surface area contributed by atoms with Gasteiger partial charge in [-0.1, -0.05) is 6.92 Å². The maximum absolute atomic E-state index is 9.03. The number of anilines is 1. The molecule has 0 spiro atoms. The van der Waals surface area contributed by atoms with Crippen molar-refractivity contribution in [1.29, 1.82) is 0 Å². The fourth-order valence-electron chi connectivity index (χ4n) is 2.11. The molecule has 1 saturated heterocycles. The van der Waals surface area contributed by atoms with Gasteiger partial charge in [0.05, 0.1) is 19.0 Å². The number of hydrogen-bond acceptors (Lipinski definition) is 6. The predicted molar refractivity (Wildman–Crippen MR) is 59.9 cm³/mol.